The SMILES string of the molecule is C=C(C(=O)[C@H](COCc1ccccc1)NC(=O)[C@H](Cc1ccccc1)NC(=O)N1CCOCC1)S(=O)(=O)c1ccccc1. The molecule has 2 N–H and O–H groups in total. The number of nitrogens with zero attached hydrogens (tertiary/aromatic N) is 1. The monoisotopic (exact) mass is 605 g/mol. The normalized spacial score (nSPS) is 14.7. The minimum Gasteiger partial charge on any atom is -0.378 e. The van der Waals surface area contributed by atoms with Crippen LogP contribution in [0.5, 0.6) is 0 Å². The van der Waals surface area contributed by atoms with Crippen LogP contribution in [-0.2, 0) is 41.9 Å². The zero-order chi connectivity index (χ0) is 30.7. The van der Waals surface area contributed by atoms with Crippen molar-refractivity contribution in [3.63, 3.8) is 0 Å². The van der Waals surface area contributed by atoms with E-state index >= 15 is 0 Å². The van der Waals surface area contributed by atoms with E-state index in [0.717, 1.165) is 11.1 Å². The first-order valence-electron chi connectivity index (χ1n) is 13.9. The summed E-state index contributed by atoms with van der Waals surface area (Å²) in [7, 11) is -4.24. The molecule has 1 aliphatic rings. The van der Waals surface area contributed by atoms with Crippen molar-refractivity contribution < 1.29 is 32.3 Å². The first-order valence-corrected chi connectivity index (χ1v) is 15.4. The fourth-order valence-corrected chi connectivity index (χ4v) is 5.67. The number of nitrogens with one attached hydrogen (secondary N) is 2. The Kier molecular flexibility index (Phi) is 11.2. The molecule has 0 aliphatic carbocycles. The van der Waals surface area contributed by atoms with Gasteiger partial charge in [0.2, 0.25) is 15.7 Å². The van der Waals surface area contributed by atoms with Gasteiger partial charge >= 0.3 is 6.03 Å². The lowest BCUT2D eigenvalue weighted by Gasteiger charge is -2.29. The van der Waals surface area contributed by atoms with E-state index in [9.17, 15) is 22.8 Å². The number of ketones is 1. The Morgan fingerprint density at radius 3 is 1.98 bits per heavy atom. The summed E-state index contributed by atoms with van der Waals surface area (Å²) in [5.74, 6) is -1.58. The molecule has 1 aliphatic heterocycles. The number of morpholine rings is 1. The Bertz CT molecular complexity index is 1490. The maximum absolute atomic E-state index is 13.7. The summed E-state index contributed by atoms with van der Waals surface area (Å²) in [6, 6.07) is 22.9. The maximum Gasteiger partial charge on any atom is 0.318 e. The number of sulfone groups is 1. The van der Waals surface area contributed by atoms with Crippen molar-refractivity contribution in [1.82, 2.24) is 15.5 Å². The van der Waals surface area contributed by atoms with Gasteiger partial charge in [-0.3, -0.25) is 9.59 Å². The maximum atomic E-state index is 13.7. The van der Waals surface area contributed by atoms with E-state index in [1.165, 1.54) is 24.3 Å². The Morgan fingerprint density at radius 2 is 1.37 bits per heavy atom. The lowest BCUT2D eigenvalue weighted by Crippen LogP contribution is -2.57. The standard InChI is InChI=1S/C32H35N3O7S/c1-24(43(39,40)27-15-9-4-10-16-27)30(36)29(23-42-22-26-13-7-3-8-14-26)33-31(37)28(21-25-11-5-2-6-12-25)34-32(38)35-17-19-41-20-18-35/h2-16,28-29H,1,17-23H2,(H,33,37)(H,34,38)/t28-,29-/m0/s1. The average molecular weight is 606 g/mol. The van der Waals surface area contributed by atoms with Crippen molar-refractivity contribution >= 4 is 27.6 Å². The molecule has 1 heterocycles. The molecule has 4 rings (SSSR count). The summed E-state index contributed by atoms with van der Waals surface area (Å²) in [5.41, 5.74) is 1.61. The molecule has 1 fully saturated rings. The van der Waals surface area contributed by atoms with Crippen molar-refractivity contribution in [3.8, 4) is 0 Å². The van der Waals surface area contributed by atoms with Gasteiger partial charge in [-0.15, -0.1) is 0 Å². The molecule has 3 amide bonds. The predicted octanol–water partition coefficient (Wildman–Crippen LogP) is 2.90. The molecule has 3 aromatic carbocycles. The zero-order valence-electron chi connectivity index (χ0n) is 23.7. The molecular weight excluding hydrogens is 570 g/mol. The first-order chi connectivity index (χ1) is 20.8. The predicted molar refractivity (Wildman–Crippen MR) is 161 cm³/mol. The fraction of sp³-hybridized carbons (Fsp3) is 0.281. The van der Waals surface area contributed by atoms with Crippen LogP contribution in [0.4, 0.5) is 4.79 Å². The number of urea groups is 1. The highest BCUT2D eigenvalue weighted by atomic mass is 32.2. The van der Waals surface area contributed by atoms with E-state index in [0.29, 0.717) is 26.3 Å². The fourth-order valence-electron chi connectivity index (χ4n) is 4.46. The van der Waals surface area contributed by atoms with Crippen molar-refractivity contribution in [3.05, 3.63) is 114 Å². The minimum atomic E-state index is -4.24. The van der Waals surface area contributed by atoms with Crippen LogP contribution in [-0.4, -0.2) is 76.0 Å². The topological polar surface area (TPSA) is 131 Å². The molecule has 3 aromatic rings. The number of ether oxygens (including phenoxy) is 2. The molecule has 10 nitrogen and oxygen atoms in total. The second-order valence-corrected chi connectivity index (χ2v) is 11.9. The van der Waals surface area contributed by atoms with E-state index < -0.39 is 44.5 Å². The van der Waals surface area contributed by atoms with E-state index in [2.05, 4.69) is 17.2 Å². The summed E-state index contributed by atoms with van der Waals surface area (Å²) in [5, 5.41) is 5.41. The molecule has 226 valence electrons. The number of benzene rings is 3. The molecular formula is C32H35N3O7S. The number of rotatable bonds is 13. The molecule has 1 saturated heterocycles. The average Bonchev–Trinajstić information content (AvgIpc) is 3.05. The molecule has 11 heteroatoms. The van der Waals surface area contributed by atoms with Crippen LogP contribution in [0.25, 0.3) is 0 Å². The van der Waals surface area contributed by atoms with Crippen molar-refractivity contribution in [1.29, 1.82) is 0 Å². The number of carbonyl (C=O) groups is 3. The quantitative estimate of drug-likeness (QED) is 0.287. The Labute approximate surface area is 251 Å². The van der Waals surface area contributed by atoms with Crippen molar-refractivity contribution in [2.75, 3.05) is 32.9 Å². The van der Waals surface area contributed by atoms with Crippen LogP contribution in [0.1, 0.15) is 11.1 Å². The summed E-state index contributed by atoms with van der Waals surface area (Å²) < 4.78 is 37.5. The Balaban J connectivity index is 1.55. The summed E-state index contributed by atoms with van der Waals surface area (Å²) in [6.07, 6.45) is 0.137. The van der Waals surface area contributed by atoms with Crippen LogP contribution in [0, 0.1) is 0 Å². The van der Waals surface area contributed by atoms with Crippen LogP contribution >= 0.6 is 0 Å². The highest BCUT2D eigenvalue weighted by Crippen LogP contribution is 2.20. The second-order valence-electron chi connectivity index (χ2n) is 9.96. The number of Topliss-reactive ketones (excluding diaryl/α,β-unsaturated/α-hetero) is 1. The highest BCUT2D eigenvalue weighted by Gasteiger charge is 2.34. The molecule has 0 bridgehead atoms. The van der Waals surface area contributed by atoms with Crippen molar-refractivity contribution in [2.24, 2.45) is 0 Å². The van der Waals surface area contributed by atoms with Gasteiger partial charge in [-0.2, -0.15) is 0 Å². The number of hydrogen-bond acceptors (Lipinski definition) is 7. The van der Waals surface area contributed by atoms with E-state index in [1.54, 1.807) is 11.0 Å². The van der Waals surface area contributed by atoms with Crippen LogP contribution in [0.15, 0.2) is 107 Å². The minimum absolute atomic E-state index is 0.0941. The second kappa shape index (κ2) is 15.2. The number of carbonyl (C=O) groups excluding carboxylic acids is 3. The van der Waals surface area contributed by atoms with Gasteiger partial charge in [-0.25, -0.2) is 13.2 Å². The van der Waals surface area contributed by atoms with Gasteiger partial charge in [-0.1, -0.05) is 85.4 Å². The smallest absolute Gasteiger partial charge is 0.318 e. The van der Waals surface area contributed by atoms with Gasteiger partial charge in [-0.05, 0) is 23.3 Å². The molecule has 0 aromatic heterocycles. The lowest BCUT2D eigenvalue weighted by atomic mass is 10.0. The van der Waals surface area contributed by atoms with Gasteiger partial charge in [0.05, 0.1) is 31.3 Å². The first kappa shape index (κ1) is 31.6. The zero-order valence-corrected chi connectivity index (χ0v) is 24.5. The largest absolute Gasteiger partial charge is 0.378 e. The third-order valence-corrected chi connectivity index (χ3v) is 8.62. The number of hydrogen-bond donors (Lipinski definition) is 2. The van der Waals surface area contributed by atoms with Gasteiger partial charge < -0.3 is 25.0 Å². The third kappa shape index (κ3) is 8.84. The van der Waals surface area contributed by atoms with E-state index in [4.69, 9.17) is 9.47 Å². The van der Waals surface area contributed by atoms with Crippen LogP contribution < -0.4 is 10.6 Å². The lowest BCUT2D eigenvalue weighted by molar-refractivity contribution is -0.128. The highest BCUT2D eigenvalue weighted by molar-refractivity contribution is 7.96. The molecule has 43 heavy (non-hydrogen) atoms. The van der Waals surface area contributed by atoms with Gasteiger partial charge in [0.15, 0.2) is 5.78 Å². The van der Waals surface area contributed by atoms with Crippen molar-refractivity contribution in [2.45, 2.75) is 30.0 Å². The molecule has 0 radical (unpaired) electrons. The van der Waals surface area contributed by atoms with Crippen LogP contribution in [0.3, 0.4) is 0 Å². The number of amides is 3. The van der Waals surface area contributed by atoms with Gasteiger partial charge in [0.1, 0.15) is 17.0 Å². The summed E-state index contributed by atoms with van der Waals surface area (Å²) in [4.78, 5) is 41.1. The molecule has 0 spiro atoms. The molecule has 2 atom stereocenters. The van der Waals surface area contributed by atoms with Gasteiger partial charge in [0.25, 0.3) is 0 Å². The summed E-state index contributed by atoms with van der Waals surface area (Å²) in [6.45, 7) is 4.90. The third-order valence-electron chi connectivity index (χ3n) is 6.88. The Morgan fingerprint density at radius 1 is 0.814 bits per heavy atom. The summed E-state index contributed by atoms with van der Waals surface area (Å²) >= 11 is 0. The molecule has 0 unspecified atom stereocenters. The Hall–Kier alpha value is -4.32. The van der Waals surface area contributed by atoms with Gasteiger partial charge in [0, 0.05) is 19.5 Å². The van der Waals surface area contributed by atoms with E-state index in [1.807, 2.05) is 60.7 Å². The molecule has 0 saturated carbocycles. The van der Waals surface area contributed by atoms with E-state index in [-0.39, 0.29) is 24.5 Å². The van der Waals surface area contributed by atoms with Crippen LogP contribution in [0.2, 0.25) is 0 Å².